The molecule has 10 heteroatoms. The SMILES string of the molecule is COC(=O)C1CCN(C(=O)c2sc(NS(=O)(=O)c3ccc(C)cc3)nc2C)CC1. The highest BCUT2D eigenvalue weighted by atomic mass is 32.2. The van der Waals surface area contributed by atoms with Gasteiger partial charge in [-0.1, -0.05) is 29.0 Å². The number of thiazole rings is 1. The number of ether oxygens (including phenoxy) is 1. The Bertz CT molecular complexity index is 1010. The van der Waals surface area contributed by atoms with Gasteiger partial charge in [0.2, 0.25) is 0 Å². The molecule has 0 spiro atoms. The van der Waals surface area contributed by atoms with E-state index >= 15 is 0 Å². The second-order valence-electron chi connectivity index (χ2n) is 6.94. The van der Waals surface area contributed by atoms with Gasteiger partial charge in [-0.15, -0.1) is 0 Å². The second kappa shape index (κ2) is 8.50. The summed E-state index contributed by atoms with van der Waals surface area (Å²) in [5.41, 5.74) is 1.43. The van der Waals surface area contributed by atoms with Crippen molar-refractivity contribution in [2.24, 2.45) is 5.92 Å². The van der Waals surface area contributed by atoms with Crippen LogP contribution in [0.15, 0.2) is 29.2 Å². The molecule has 1 aromatic heterocycles. The van der Waals surface area contributed by atoms with Crippen molar-refractivity contribution in [2.45, 2.75) is 31.6 Å². The molecule has 0 bridgehead atoms. The summed E-state index contributed by atoms with van der Waals surface area (Å²) >= 11 is 1.01. The normalized spacial score (nSPS) is 15.2. The molecule has 1 fully saturated rings. The Kier molecular flexibility index (Phi) is 6.23. The maximum Gasteiger partial charge on any atom is 0.308 e. The van der Waals surface area contributed by atoms with Crippen molar-refractivity contribution < 1.29 is 22.7 Å². The molecule has 0 aliphatic carbocycles. The third kappa shape index (κ3) is 4.76. The number of piperidine rings is 1. The summed E-state index contributed by atoms with van der Waals surface area (Å²) in [5.74, 6) is -0.647. The summed E-state index contributed by atoms with van der Waals surface area (Å²) < 4.78 is 32.3. The number of amides is 1. The lowest BCUT2D eigenvalue weighted by atomic mass is 9.97. The van der Waals surface area contributed by atoms with Crippen LogP contribution in [0.2, 0.25) is 0 Å². The first-order valence-electron chi connectivity index (χ1n) is 9.15. The molecule has 1 aromatic carbocycles. The van der Waals surface area contributed by atoms with E-state index < -0.39 is 10.0 Å². The number of carbonyl (C=O) groups is 2. The zero-order chi connectivity index (χ0) is 21.2. The van der Waals surface area contributed by atoms with Gasteiger partial charge in [0.25, 0.3) is 15.9 Å². The van der Waals surface area contributed by atoms with E-state index in [4.69, 9.17) is 4.74 Å². The Labute approximate surface area is 173 Å². The summed E-state index contributed by atoms with van der Waals surface area (Å²) in [6.45, 7) is 4.44. The minimum Gasteiger partial charge on any atom is -0.469 e. The molecule has 1 N–H and O–H groups in total. The molecule has 29 heavy (non-hydrogen) atoms. The summed E-state index contributed by atoms with van der Waals surface area (Å²) in [5, 5.41) is 0.149. The van der Waals surface area contributed by atoms with Gasteiger partial charge in [0.1, 0.15) is 4.88 Å². The van der Waals surface area contributed by atoms with Gasteiger partial charge in [-0.25, -0.2) is 13.4 Å². The Hall–Kier alpha value is -2.46. The molecule has 1 aliphatic rings. The highest BCUT2D eigenvalue weighted by Crippen LogP contribution is 2.28. The lowest BCUT2D eigenvalue weighted by molar-refractivity contribution is -0.146. The Morgan fingerprint density at radius 3 is 2.38 bits per heavy atom. The van der Waals surface area contributed by atoms with Crippen molar-refractivity contribution in [3.05, 3.63) is 40.4 Å². The lowest BCUT2D eigenvalue weighted by Gasteiger charge is -2.30. The number of anilines is 1. The molecule has 0 radical (unpaired) electrons. The highest BCUT2D eigenvalue weighted by Gasteiger charge is 2.30. The molecule has 8 nitrogen and oxygen atoms in total. The van der Waals surface area contributed by atoms with Crippen molar-refractivity contribution >= 4 is 38.4 Å². The van der Waals surface area contributed by atoms with Crippen molar-refractivity contribution in [3.63, 3.8) is 0 Å². The van der Waals surface area contributed by atoms with E-state index in [0.717, 1.165) is 16.9 Å². The fourth-order valence-electron chi connectivity index (χ4n) is 3.16. The first-order valence-corrected chi connectivity index (χ1v) is 11.4. The number of aromatic nitrogens is 1. The van der Waals surface area contributed by atoms with Gasteiger partial charge in [0.05, 0.1) is 23.6 Å². The molecule has 156 valence electrons. The molecule has 1 amide bonds. The van der Waals surface area contributed by atoms with Crippen molar-refractivity contribution in [1.29, 1.82) is 0 Å². The van der Waals surface area contributed by atoms with E-state index in [-0.39, 0.29) is 27.8 Å². The van der Waals surface area contributed by atoms with E-state index in [2.05, 4.69) is 9.71 Å². The second-order valence-corrected chi connectivity index (χ2v) is 9.62. The first-order chi connectivity index (χ1) is 13.7. The van der Waals surface area contributed by atoms with Gasteiger partial charge in [-0.05, 0) is 38.8 Å². The highest BCUT2D eigenvalue weighted by molar-refractivity contribution is 7.93. The molecule has 3 rings (SSSR count). The van der Waals surface area contributed by atoms with Gasteiger partial charge in [0, 0.05) is 13.1 Å². The van der Waals surface area contributed by atoms with Crippen LogP contribution in [-0.2, 0) is 19.6 Å². The van der Waals surface area contributed by atoms with Crippen molar-refractivity contribution in [2.75, 3.05) is 24.9 Å². The number of likely N-dealkylation sites (tertiary alicyclic amines) is 1. The van der Waals surface area contributed by atoms with E-state index in [9.17, 15) is 18.0 Å². The number of rotatable bonds is 5. The fourth-order valence-corrected chi connectivity index (χ4v) is 5.33. The Balaban J connectivity index is 1.71. The third-order valence-corrected chi connectivity index (χ3v) is 7.41. The van der Waals surface area contributed by atoms with Gasteiger partial charge >= 0.3 is 5.97 Å². The first kappa shape index (κ1) is 21.3. The summed E-state index contributed by atoms with van der Waals surface area (Å²) in [6, 6.07) is 6.48. The number of aryl methyl sites for hydroxylation is 2. The number of sulfonamides is 1. The van der Waals surface area contributed by atoms with Gasteiger partial charge in [0.15, 0.2) is 5.13 Å². The monoisotopic (exact) mass is 437 g/mol. The molecule has 0 unspecified atom stereocenters. The fraction of sp³-hybridized carbons (Fsp3) is 0.421. The van der Waals surface area contributed by atoms with Crippen LogP contribution in [0.3, 0.4) is 0 Å². The Morgan fingerprint density at radius 1 is 1.17 bits per heavy atom. The van der Waals surface area contributed by atoms with Gasteiger partial charge in [-0.3, -0.25) is 14.3 Å². The number of esters is 1. The van der Waals surface area contributed by atoms with Crippen LogP contribution < -0.4 is 4.72 Å². The van der Waals surface area contributed by atoms with Crippen molar-refractivity contribution in [3.8, 4) is 0 Å². The predicted molar refractivity (Wildman–Crippen MR) is 109 cm³/mol. The molecular weight excluding hydrogens is 414 g/mol. The van der Waals surface area contributed by atoms with E-state index in [0.29, 0.717) is 36.5 Å². The molecule has 0 atom stereocenters. The van der Waals surface area contributed by atoms with E-state index in [1.54, 1.807) is 24.0 Å². The number of hydrogen-bond acceptors (Lipinski definition) is 7. The molecule has 2 heterocycles. The smallest absolute Gasteiger partial charge is 0.308 e. The number of benzene rings is 1. The van der Waals surface area contributed by atoms with Crippen LogP contribution in [0.25, 0.3) is 0 Å². The molecular formula is C19H23N3O5S2. The van der Waals surface area contributed by atoms with Crippen LogP contribution >= 0.6 is 11.3 Å². The largest absolute Gasteiger partial charge is 0.469 e. The molecule has 1 saturated heterocycles. The summed E-state index contributed by atoms with van der Waals surface area (Å²) in [4.78, 5) is 30.9. The predicted octanol–water partition coefficient (Wildman–Crippen LogP) is 2.59. The average molecular weight is 438 g/mol. The zero-order valence-corrected chi connectivity index (χ0v) is 18.1. The van der Waals surface area contributed by atoms with Crippen LogP contribution in [-0.4, -0.2) is 50.4 Å². The van der Waals surface area contributed by atoms with Crippen molar-refractivity contribution in [1.82, 2.24) is 9.88 Å². The van der Waals surface area contributed by atoms with Gasteiger partial charge < -0.3 is 9.64 Å². The quantitative estimate of drug-likeness (QED) is 0.721. The van der Waals surface area contributed by atoms with Crippen LogP contribution in [0.4, 0.5) is 5.13 Å². The van der Waals surface area contributed by atoms with E-state index in [1.807, 2.05) is 6.92 Å². The number of nitrogens with zero attached hydrogens (tertiary/aromatic N) is 2. The summed E-state index contributed by atoms with van der Waals surface area (Å²) in [6.07, 6.45) is 1.09. The Morgan fingerprint density at radius 2 is 1.79 bits per heavy atom. The maximum absolute atomic E-state index is 12.9. The van der Waals surface area contributed by atoms with Crippen LogP contribution in [0.5, 0.6) is 0 Å². The number of methoxy groups -OCH3 is 1. The maximum atomic E-state index is 12.9. The topological polar surface area (TPSA) is 106 Å². The molecule has 2 aromatic rings. The lowest BCUT2D eigenvalue weighted by Crippen LogP contribution is -2.40. The zero-order valence-electron chi connectivity index (χ0n) is 16.5. The average Bonchev–Trinajstić information content (AvgIpc) is 3.06. The van der Waals surface area contributed by atoms with Gasteiger partial charge in [-0.2, -0.15) is 0 Å². The number of nitrogens with one attached hydrogen (secondary N) is 1. The number of hydrogen-bond donors (Lipinski definition) is 1. The van der Waals surface area contributed by atoms with Crippen LogP contribution in [0, 0.1) is 19.8 Å². The third-order valence-electron chi connectivity index (χ3n) is 4.86. The minimum absolute atomic E-state index is 0.133. The minimum atomic E-state index is -3.78. The molecule has 0 saturated carbocycles. The number of carbonyl (C=O) groups excluding carboxylic acids is 2. The van der Waals surface area contributed by atoms with E-state index in [1.165, 1.54) is 19.2 Å². The van der Waals surface area contributed by atoms with Crippen LogP contribution in [0.1, 0.15) is 33.8 Å². The summed E-state index contributed by atoms with van der Waals surface area (Å²) in [7, 11) is -2.42. The standard InChI is InChI=1S/C19H23N3O5S2/c1-12-4-6-15(7-5-12)29(25,26)21-19-20-13(2)16(28-19)17(23)22-10-8-14(9-11-22)18(24)27-3/h4-7,14H,8-11H2,1-3H3,(H,20,21). The molecule has 1 aliphatic heterocycles.